The highest BCUT2D eigenvalue weighted by Gasteiger charge is 2.35. The summed E-state index contributed by atoms with van der Waals surface area (Å²) in [6, 6.07) is 3.65. The summed E-state index contributed by atoms with van der Waals surface area (Å²) in [5, 5.41) is 16.8. The molecule has 0 bridgehead atoms. The van der Waals surface area contributed by atoms with Crippen molar-refractivity contribution in [3.8, 4) is 0 Å². The molecular formula is C24H30F2N6O2. The zero-order chi connectivity index (χ0) is 23.9. The Balaban J connectivity index is 1.46. The van der Waals surface area contributed by atoms with Crippen molar-refractivity contribution in [2.24, 2.45) is 5.92 Å². The van der Waals surface area contributed by atoms with E-state index in [1.807, 2.05) is 18.4 Å². The van der Waals surface area contributed by atoms with Gasteiger partial charge in [-0.1, -0.05) is 0 Å². The van der Waals surface area contributed by atoms with Crippen LogP contribution in [0.15, 0.2) is 24.4 Å². The molecule has 0 radical (unpaired) electrons. The van der Waals surface area contributed by atoms with Gasteiger partial charge in [-0.05, 0) is 64.0 Å². The Hall–Kier alpha value is -2.85. The lowest BCUT2D eigenvalue weighted by Gasteiger charge is -2.26. The van der Waals surface area contributed by atoms with E-state index in [0.29, 0.717) is 36.3 Å². The predicted octanol–water partition coefficient (Wildman–Crippen LogP) is 4.55. The van der Waals surface area contributed by atoms with Gasteiger partial charge in [0.2, 0.25) is 11.9 Å². The van der Waals surface area contributed by atoms with Crippen molar-refractivity contribution in [1.82, 2.24) is 19.5 Å². The van der Waals surface area contributed by atoms with Crippen molar-refractivity contribution < 1.29 is 18.6 Å². The van der Waals surface area contributed by atoms with Crippen LogP contribution in [-0.2, 0) is 4.74 Å². The Kier molecular flexibility index (Phi) is 6.11. The number of nitrogens with one attached hydrogen (secondary N) is 2. The monoisotopic (exact) mass is 472 g/mol. The van der Waals surface area contributed by atoms with Gasteiger partial charge in [0.25, 0.3) is 0 Å². The van der Waals surface area contributed by atoms with Gasteiger partial charge < -0.3 is 20.5 Å². The van der Waals surface area contributed by atoms with E-state index < -0.39 is 17.2 Å². The summed E-state index contributed by atoms with van der Waals surface area (Å²) < 4.78 is 35.2. The van der Waals surface area contributed by atoms with Crippen LogP contribution in [0, 0.1) is 17.6 Å². The van der Waals surface area contributed by atoms with E-state index in [0.717, 1.165) is 38.2 Å². The SMILES string of the molecule is CC(C)(O)[C@@H]1CC[C@H](Nc2ncc3nc(Nc4ccc(F)cc4F)n(C4CCOCC4)c3n2)C1. The van der Waals surface area contributed by atoms with E-state index in [1.54, 1.807) is 6.20 Å². The Bertz CT molecular complexity index is 1170. The molecule has 2 atom stereocenters. The lowest BCUT2D eigenvalue weighted by Crippen LogP contribution is -2.30. The zero-order valence-corrected chi connectivity index (χ0v) is 19.4. The molecule has 2 aliphatic rings. The molecule has 0 amide bonds. The molecule has 0 unspecified atom stereocenters. The molecule has 3 N–H and O–H groups in total. The molecule has 1 aliphatic heterocycles. The van der Waals surface area contributed by atoms with Gasteiger partial charge in [0.05, 0.1) is 17.5 Å². The summed E-state index contributed by atoms with van der Waals surface area (Å²) in [6.07, 6.45) is 5.94. The van der Waals surface area contributed by atoms with Crippen molar-refractivity contribution in [3.05, 3.63) is 36.0 Å². The second kappa shape index (κ2) is 9.07. The number of imidazole rings is 1. The number of nitrogens with zero attached hydrogens (tertiary/aromatic N) is 4. The smallest absolute Gasteiger partial charge is 0.224 e. The Labute approximate surface area is 196 Å². The molecule has 3 aromatic rings. The summed E-state index contributed by atoms with van der Waals surface area (Å²) in [5.74, 6) is -0.172. The van der Waals surface area contributed by atoms with Crippen molar-refractivity contribution in [2.45, 2.75) is 63.6 Å². The molecule has 1 saturated carbocycles. The van der Waals surface area contributed by atoms with E-state index in [1.165, 1.54) is 12.1 Å². The van der Waals surface area contributed by atoms with E-state index in [2.05, 4.69) is 20.6 Å². The van der Waals surface area contributed by atoms with Crippen LogP contribution in [0.25, 0.3) is 11.2 Å². The Morgan fingerprint density at radius 2 is 1.91 bits per heavy atom. The van der Waals surface area contributed by atoms with Gasteiger partial charge in [-0.25, -0.2) is 18.7 Å². The standard InChI is InChI=1S/C24H30F2N6O2/c1-24(2,33)14-3-5-16(11-14)28-22-27-13-20-21(31-22)32(17-7-9-34-10-8-17)23(30-20)29-19-6-4-15(25)12-18(19)26/h4,6,12-14,16-17,33H,3,5,7-11H2,1-2H3,(H,29,30)(H,27,28,31)/t14-,16+/m1/s1. The van der Waals surface area contributed by atoms with Crippen LogP contribution in [0.1, 0.15) is 52.0 Å². The minimum Gasteiger partial charge on any atom is -0.390 e. The van der Waals surface area contributed by atoms with Crippen LogP contribution in [0.5, 0.6) is 0 Å². The number of benzene rings is 1. The molecule has 0 spiro atoms. The molecule has 2 fully saturated rings. The van der Waals surface area contributed by atoms with Crippen LogP contribution >= 0.6 is 0 Å². The first-order valence-corrected chi connectivity index (χ1v) is 11.8. The molecule has 182 valence electrons. The van der Waals surface area contributed by atoms with E-state index in [-0.39, 0.29) is 23.7 Å². The van der Waals surface area contributed by atoms with Gasteiger partial charge in [-0.3, -0.25) is 4.57 Å². The molecular weight excluding hydrogens is 442 g/mol. The number of aliphatic hydroxyl groups is 1. The van der Waals surface area contributed by atoms with Gasteiger partial charge in [0.15, 0.2) is 5.65 Å². The summed E-state index contributed by atoms with van der Waals surface area (Å²) in [4.78, 5) is 13.9. The topological polar surface area (TPSA) is 97.1 Å². The third kappa shape index (κ3) is 4.69. The highest BCUT2D eigenvalue weighted by atomic mass is 19.1. The number of hydrogen-bond acceptors (Lipinski definition) is 7. The zero-order valence-electron chi connectivity index (χ0n) is 19.4. The first-order chi connectivity index (χ1) is 16.3. The molecule has 2 aromatic heterocycles. The summed E-state index contributed by atoms with van der Waals surface area (Å²) in [6.45, 7) is 4.94. The fourth-order valence-electron chi connectivity index (χ4n) is 4.99. The largest absolute Gasteiger partial charge is 0.390 e. The van der Waals surface area contributed by atoms with Gasteiger partial charge >= 0.3 is 0 Å². The third-order valence-corrected chi connectivity index (χ3v) is 6.93. The average Bonchev–Trinajstić information content (AvgIpc) is 3.40. The van der Waals surface area contributed by atoms with Crippen molar-refractivity contribution in [2.75, 3.05) is 23.8 Å². The van der Waals surface area contributed by atoms with Crippen molar-refractivity contribution in [1.29, 1.82) is 0 Å². The Morgan fingerprint density at radius 3 is 2.62 bits per heavy atom. The number of anilines is 3. The van der Waals surface area contributed by atoms with Gasteiger partial charge in [-0.15, -0.1) is 0 Å². The molecule has 3 heterocycles. The fourth-order valence-corrected chi connectivity index (χ4v) is 4.99. The number of aromatic nitrogens is 4. The third-order valence-electron chi connectivity index (χ3n) is 6.93. The van der Waals surface area contributed by atoms with Crippen molar-refractivity contribution >= 4 is 28.7 Å². The van der Waals surface area contributed by atoms with Crippen LogP contribution in [0.4, 0.5) is 26.4 Å². The summed E-state index contributed by atoms with van der Waals surface area (Å²) in [7, 11) is 0. The quantitative estimate of drug-likeness (QED) is 0.484. The minimum atomic E-state index is -0.709. The lowest BCUT2D eigenvalue weighted by atomic mass is 9.90. The molecule has 8 nitrogen and oxygen atoms in total. The van der Waals surface area contributed by atoms with Gasteiger partial charge in [-0.2, -0.15) is 4.98 Å². The van der Waals surface area contributed by atoms with Crippen molar-refractivity contribution in [3.63, 3.8) is 0 Å². The fraction of sp³-hybridized carbons (Fsp3) is 0.542. The highest BCUT2D eigenvalue weighted by molar-refractivity contribution is 5.76. The molecule has 5 rings (SSSR count). The minimum absolute atomic E-state index is 0.0681. The van der Waals surface area contributed by atoms with Gasteiger partial charge in [0.1, 0.15) is 17.2 Å². The van der Waals surface area contributed by atoms with E-state index in [4.69, 9.17) is 9.72 Å². The molecule has 1 aromatic carbocycles. The normalized spacial score (nSPS) is 21.8. The van der Waals surface area contributed by atoms with Crippen LogP contribution < -0.4 is 10.6 Å². The maximum atomic E-state index is 14.4. The molecule has 1 saturated heterocycles. The van der Waals surface area contributed by atoms with E-state index >= 15 is 0 Å². The molecule has 1 aliphatic carbocycles. The summed E-state index contributed by atoms with van der Waals surface area (Å²) in [5.41, 5.74) is 0.660. The first-order valence-electron chi connectivity index (χ1n) is 11.8. The highest BCUT2D eigenvalue weighted by Crippen LogP contribution is 2.36. The number of fused-ring (bicyclic) bond motifs is 1. The number of halogens is 2. The maximum Gasteiger partial charge on any atom is 0.224 e. The predicted molar refractivity (Wildman–Crippen MR) is 125 cm³/mol. The number of rotatable bonds is 6. The summed E-state index contributed by atoms with van der Waals surface area (Å²) >= 11 is 0. The molecule has 10 heteroatoms. The van der Waals surface area contributed by atoms with E-state index in [9.17, 15) is 13.9 Å². The second-order valence-corrected chi connectivity index (χ2v) is 9.81. The average molecular weight is 473 g/mol. The van der Waals surface area contributed by atoms with Crippen LogP contribution in [0.2, 0.25) is 0 Å². The lowest BCUT2D eigenvalue weighted by molar-refractivity contribution is 0.0197. The van der Waals surface area contributed by atoms with Crippen LogP contribution in [-0.4, -0.2) is 49.5 Å². The first kappa shape index (κ1) is 22.9. The molecule has 34 heavy (non-hydrogen) atoms. The maximum absolute atomic E-state index is 14.4. The second-order valence-electron chi connectivity index (χ2n) is 9.81. The number of ether oxygens (including phenoxy) is 1. The number of hydrogen-bond donors (Lipinski definition) is 3. The van der Waals surface area contributed by atoms with Crippen LogP contribution in [0.3, 0.4) is 0 Å². The Morgan fingerprint density at radius 1 is 1.12 bits per heavy atom. The van der Waals surface area contributed by atoms with Gasteiger partial charge in [0, 0.05) is 31.4 Å².